The number of thiophene rings is 1. The van der Waals surface area contributed by atoms with Gasteiger partial charge in [-0.15, -0.1) is 11.3 Å². The van der Waals surface area contributed by atoms with Gasteiger partial charge in [0.2, 0.25) is 0 Å². The largest absolute Gasteiger partial charge is 0.310 e. The molecule has 0 N–H and O–H groups in total. The average molecular weight is 1440 g/mol. The molecule has 4 heteroatoms. The third-order valence-corrected chi connectivity index (χ3v) is 24.5. The van der Waals surface area contributed by atoms with E-state index in [1.165, 1.54) is 91.5 Å². The lowest BCUT2D eigenvalue weighted by molar-refractivity contribution is 0.590. The number of hydrogen-bond acceptors (Lipinski definition) is 3. The summed E-state index contributed by atoms with van der Waals surface area (Å²) in [6.07, 6.45) is 0. The molecule has 0 unspecified atom stereocenters. The molecule has 0 aliphatic carbocycles. The van der Waals surface area contributed by atoms with Gasteiger partial charge in [-0.3, -0.25) is 0 Å². The van der Waals surface area contributed by atoms with Crippen molar-refractivity contribution in [2.75, 3.05) is 9.80 Å². The molecule has 0 radical (unpaired) electrons. The number of benzene rings is 18. The molecule has 0 bridgehead atoms. The number of rotatable bonds is 12. The van der Waals surface area contributed by atoms with Crippen molar-refractivity contribution in [1.82, 2.24) is 0 Å². The first-order valence-corrected chi connectivity index (χ1v) is 39.8. The highest BCUT2D eigenvalue weighted by atomic mass is 32.1. The first-order chi connectivity index (χ1) is 55.2. The summed E-state index contributed by atoms with van der Waals surface area (Å²) < 4.78 is 2.58. The smallest absolute Gasteiger partial charge is 0.252 e. The molecule has 0 saturated heterocycles. The number of fused-ring (bicyclic) bond motifs is 9. The molecule has 2 nitrogen and oxygen atoms in total. The van der Waals surface area contributed by atoms with E-state index in [0.717, 1.165) is 118 Å². The summed E-state index contributed by atoms with van der Waals surface area (Å²) in [5.74, 6) is 0. The number of nitrogens with zero attached hydrogens (tertiary/aromatic N) is 2. The lowest BCUT2D eigenvalue weighted by Crippen LogP contribution is -2.61. The van der Waals surface area contributed by atoms with E-state index in [-0.39, 0.29) is 12.1 Å². The summed E-state index contributed by atoms with van der Waals surface area (Å²) in [5, 5.41) is 7.45. The van der Waals surface area contributed by atoms with Crippen LogP contribution in [0.1, 0.15) is 26.3 Å². The van der Waals surface area contributed by atoms with E-state index < -0.39 is 0 Å². The molecule has 0 fully saturated rings. The molecule has 2 aliphatic heterocycles. The SMILES string of the molecule is CC(C)(C)c1cc2c3c(c1)N(c1c(-c4ccccc4)cc(-c4ccccc4)cc1-c1ccccc1)c1cc(-c4ccc5sc6ccccc6c5c4)ccc1B3c1ccc(-c3ccc4c(-c5ccccc5)c5ccccc5c(-c5ccccc5)c4c3)cc1N2c1c(-c2ccccc2)cc(-c2ccccc2)cc1-c1ccccc1. The van der Waals surface area contributed by atoms with Crippen molar-refractivity contribution < 1.29 is 0 Å². The lowest BCUT2D eigenvalue weighted by atomic mass is 9.33. The van der Waals surface area contributed by atoms with Gasteiger partial charge in [0.05, 0.1) is 11.4 Å². The number of hydrogen-bond donors (Lipinski definition) is 0. The molecule has 0 amide bonds. The first kappa shape index (κ1) is 66.6. The predicted octanol–water partition coefficient (Wildman–Crippen LogP) is 28.4. The Kier molecular flexibility index (Phi) is 16.2. The van der Waals surface area contributed by atoms with Gasteiger partial charge in [-0.1, -0.05) is 348 Å². The van der Waals surface area contributed by atoms with Gasteiger partial charge in [-0.25, -0.2) is 0 Å². The van der Waals surface area contributed by atoms with Crippen LogP contribution in [0.3, 0.4) is 0 Å². The molecule has 21 rings (SSSR count). The van der Waals surface area contributed by atoms with Crippen LogP contribution in [0, 0.1) is 0 Å². The van der Waals surface area contributed by atoms with E-state index in [1.54, 1.807) is 0 Å². The second-order valence-electron chi connectivity index (χ2n) is 31.0. The Morgan fingerprint density at radius 3 is 0.946 bits per heavy atom. The zero-order valence-corrected chi connectivity index (χ0v) is 63.3. The van der Waals surface area contributed by atoms with Crippen LogP contribution in [0.2, 0.25) is 0 Å². The van der Waals surface area contributed by atoms with E-state index in [4.69, 9.17) is 0 Å². The maximum atomic E-state index is 2.73. The maximum absolute atomic E-state index is 2.73. The Morgan fingerprint density at radius 1 is 0.223 bits per heavy atom. The van der Waals surface area contributed by atoms with Gasteiger partial charge < -0.3 is 9.80 Å². The van der Waals surface area contributed by atoms with Crippen molar-refractivity contribution in [1.29, 1.82) is 0 Å². The van der Waals surface area contributed by atoms with Gasteiger partial charge in [0.25, 0.3) is 6.71 Å². The normalized spacial score (nSPS) is 12.4. The highest BCUT2D eigenvalue weighted by Gasteiger charge is 2.46. The van der Waals surface area contributed by atoms with Gasteiger partial charge in [-0.05, 0) is 211 Å². The third-order valence-electron chi connectivity index (χ3n) is 23.4. The van der Waals surface area contributed by atoms with Crippen molar-refractivity contribution >= 4 is 110 Å². The van der Waals surface area contributed by atoms with E-state index >= 15 is 0 Å². The first-order valence-electron chi connectivity index (χ1n) is 39.0. The Hall–Kier alpha value is -13.6. The van der Waals surface area contributed by atoms with Crippen LogP contribution in [0.4, 0.5) is 34.1 Å². The molecule has 2 aliphatic rings. The van der Waals surface area contributed by atoms with Gasteiger partial charge in [0, 0.05) is 65.2 Å². The van der Waals surface area contributed by atoms with Gasteiger partial charge in [0.15, 0.2) is 0 Å². The second-order valence-corrected chi connectivity index (χ2v) is 32.0. The van der Waals surface area contributed by atoms with Crippen LogP contribution >= 0.6 is 11.3 Å². The summed E-state index contributed by atoms with van der Waals surface area (Å²) in [5.41, 5.74) is 34.5. The molecular weight excluding hydrogens is 1370 g/mol. The van der Waals surface area contributed by atoms with Crippen LogP contribution in [-0.4, -0.2) is 6.71 Å². The Labute approximate surface area is 658 Å². The molecule has 0 spiro atoms. The Morgan fingerprint density at radius 2 is 0.536 bits per heavy atom. The van der Waals surface area contributed by atoms with Crippen molar-refractivity contribution in [2.45, 2.75) is 26.2 Å². The standard InChI is InChI=1S/C108H75BN2S/c1-108(2,3)84-68-99-105-100(69-84)111(107-91(74-40-20-8-21-41-74)64-83(71-34-14-5-15-35-71)65-92(107)75-42-22-9-23-43-75)98-67-81(79-55-59-102-93(60-79)85-48-30-31-51-101(85)112-102)54-58-96(98)109(105)95-57-53-80(78-52-56-88-94(61-78)104(77-46-26-11-27-47-77)87-50-29-28-49-86(87)103(88)76-44-24-10-25-45-76)66-97(95)110(99)106-89(72-36-16-6-17-37-72)62-82(70-32-12-4-13-33-70)63-90(106)73-38-18-7-19-39-73/h4-69H,1-3H3. The fourth-order valence-electron chi connectivity index (χ4n) is 18.1. The fourth-order valence-corrected chi connectivity index (χ4v) is 19.1. The van der Waals surface area contributed by atoms with E-state index in [2.05, 4.69) is 431 Å². The van der Waals surface area contributed by atoms with Crippen LogP contribution in [0.5, 0.6) is 0 Å². The molecule has 0 atom stereocenters. The molecule has 3 heterocycles. The third kappa shape index (κ3) is 11.3. The van der Waals surface area contributed by atoms with Crippen molar-refractivity contribution in [3.63, 3.8) is 0 Å². The molecular formula is C108H75BN2S. The molecule has 526 valence electrons. The molecule has 1 aromatic heterocycles. The molecule has 112 heavy (non-hydrogen) atoms. The molecule has 0 saturated carbocycles. The molecule has 19 aromatic rings. The summed E-state index contributed by atoms with van der Waals surface area (Å²) in [6.45, 7) is 6.94. The van der Waals surface area contributed by atoms with Crippen LogP contribution in [-0.2, 0) is 5.41 Å². The van der Waals surface area contributed by atoms with E-state index in [0.29, 0.717) is 0 Å². The number of anilines is 6. The minimum atomic E-state index is -0.352. The van der Waals surface area contributed by atoms with E-state index in [9.17, 15) is 0 Å². The zero-order chi connectivity index (χ0) is 74.5. The Balaban J connectivity index is 0.911. The predicted molar refractivity (Wildman–Crippen MR) is 481 cm³/mol. The van der Waals surface area contributed by atoms with Crippen LogP contribution in [0.15, 0.2) is 400 Å². The van der Waals surface area contributed by atoms with Crippen molar-refractivity contribution in [3.05, 3.63) is 406 Å². The summed E-state index contributed by atoms with van der Waals surface area (Å²) in [4.78, 5) is 5.45. The highest BCUT2D eigenvalue weighted by Crippen LogP contribution is 2.57. The minimum absolute atomic E-state index is 0.253. The topological polar surface area (TPSA) is 6.48 Å². The highest BCUT2D eigenvalue weighted by molar-refractivity contribution is 7.25. The quantitative estimate of drug-likeness (QED) is 0.0888. The second kappa shape index (κ2) is 27.2. The van der Waals surface area contributed by atoms with E-state index in [1.807, 2.05) is 11.3 Å². The minimum Gasteiger partial charge on any atom is -0.310 e. The fraction of sp³-hybridized carbons (Fsp3) is 0.0370. The van der Waals surface area contributed by atoms with Crippen molar-refractivity contribution in [2.24, 2.45) is 0 Å². The summed E-state index contributed by atoms with van der Waals surface area (Å²) in [7, 11) is 0. The maximum Gasteiger partial charge on any atom is 0.252 e. The van der Waals surface area contributed by atoms with Gasteiger partial charge in [0.1, 0.15) is 0 Å². The van der Waals surface area contributed by atoms with Gasteiger partial charge >= 0.3 is 0 Å². The van der Waals surface area contributed by atoms with Crippen molar-refractivity contribution in [3.8, 4) is 111 Å². The molecule has 18 aromatic carbocycles. The summed E-state index contributed by atoms with van der Waals surface area (Å²) in [6, 6.07) is 151. The summed E-state index contributed by atoms with van der Waals surface area (Å²) >= 11 is 1.87. The van der Waals surface area contributed by atoms with Crippen LogP contribution in [0.25, 0.3) is 153 Å². The van der Waals surface area contributed by atoms with Gasteiger partial charge in [-0.2, -0.15) is 0 Å². The Bertz CT molecular complexity index is 6750. The lowest BCUT2D eigenvalue weighted by Gasteiger charge is -2.46. The van der Waals surface area contributed by atoms with Crippen LogP contribution < -0.4 is 26.2 Å². The average Bonchev–Trinajstić information content (AvgIpc) is 0.952. The monoisotopic (exact) mass is 1440 g/mol. The zero-order valence-electron chi connectivity index (χ0n) is 62.5.